The predicted molar refractivity (Wildman–Crippen MR) is 130 cm³/mol. The third-order valence-electron chi connectivity index (χ3n) is 4.50. The van der Waals surface area contributed by atoms with Crippen molar-refractivity contribution >= 4 is 17.9 Å². The lowest BCUT2D eigenvalue weighted by molar-refractivity contribution is 0.0515. The minimum atomic E-state index is -0.804. The first-order chi connectivity index (χ1) is 15.3. The highest BCUT2D eigenvalue weighted by Crippen LogP contribution is 2.25. The van der Waals surface area contributed by atoms with E-state index in [-0.39, 0.29) is 6.54 Å². The summed E-state index contributed by atoms with van der Waals surface area (Å²) >= 11 is 0. The molecule has 0 fully saturated rings. The number of rotatable bonds is 11. The fourth-order valence-corrected chi connectivity index (χ4v) is 3.03. The van der Waals surface area contributed by atoms with Gasteiger partial charge in [0.25, 0.3) is 0 Å². The molecule has 0 aliphatic rings. The molecule has 0 aromatic heterocycles. The quantitative estimate of drug-likeness (QED) is 0.436. The number of methoxy groups -OCH3 is 1. The van der Waals surface area contributed by atoms with E-state index in [0.717, 1.165) is 19.3 Å². The van der Waals surface area contributed by atoms with Crippen LogP contribution in [0.1, 0.15) is 78.9 Å². The summed E-state index contributed by atoms with van der Waals surface area (Å²) in [5.41, 5.74) is 0.126. The molecule has 1 unspecified atom stereocenters. The highest BCUT2D eigenvalue weighted by molar-refractivity contribution is 5.88. The summed E-state index contributed by atoms with van der Waals surface area (Å²) in [7, 11) is 1.67. The summed E-state index contributed by atoms with van der Waals surface area (Å²) in [6, 6.07) is 7.22. The molecule has 33 heavy (non-hydrogen) atoms. The van der Waals surface area contributed by atoms with Crippen molar-refractivity contribution in [1.29, 1.82) is 0 Å². The maximum Gasteiger partial charge on any atom is 0.414 e. The van der Waals surface area contributed by atoms with Crippen molar-refractivity contribution in [2.75, 3.05) is 31.7 Å². The summed E-state index contributed by atoms with van der Waals surface area (Å²) < 4.78 is 15.9. The molecule has 0 saturated heterocycles. The minimum absolute atomic E-state index is 0.260. The Morgan fingerprint density at radius 3 is 2.30 bits per heavy atom. The van der Waals surface area contributed by atoms with Gasteiger partial charge >= 0.3 is 12.2 Å². The number of ether oxygens (including phenoxy) is 3. The van der Waals surface area contributed by atoms with Gasteiger partial charge in [-0.25, -0.2) is 9.59 Å². The molecule has 1 atom stereocenters. The lowest BCUT2D eigenvalue weighted by Crippen LogP contribution is -2.37. The third-order valence-corrected chi connectivity index (χ3v) is 4.50. The van der Waals surface area contributed by atoms with Crippen molar-refractivity contribution in [3.05, 3.63) is 29.8 Å². The summed E-state index contributed by atoms with van der Waals surface area (Å²) in [5.74, 6) is 0. The molecule has 0 saturated carbocycles. The zero-order valence-electron chi connectivity index (χ0n) is 21.3. The predicted octanol–water partition coefficient (Wildman–Crippen LogP) is 5.19. The molecule has 188 valence electrons. The van der Waals surface area contributed by atoms with Crippen LogP contribution in [-0.2, 0) is 14.2 Å². The molecule has 0 bridgehead atoms. The molecule has 8 heteroatoms. The van der Waals surface area contributed by atoms with Gasteiger partial charge in [0.15, 0.2) is 0 Å². The van der Waals surface area contributed by atoms with Gasteiger partial charge in [0.2, 0.25) is 0 Å². The fraction of sp³-hybridized carbons (Fsp3) is 0.680. The maximum absolute atomic E-state index is 12.9. The normalized spacial score (nSPS) is 12.7. The number of anilines is 1. The number of carbonyl (C=O) groups is 2. The number of carbonyl (C=O) groups excluding carboxylic acids is 2. The van der Waals surface area contributed by atoms with Crippen LogP contribution in [0, 0.1) is 0 Å². The zero-order valence-corrected chi connectivity index (χ0v) is 21.3. The molecule has 2 N–H and O–H groups in total. The number of nitrogens with zero attached hydrogens (tertiary/aromatic N) is 1. The Morgan fingerprint density at radius 2 is 1.70 bits per heavy atom. The van der Waals surface area contributed by atoms with Crippen molar-refractivity contribution in [3.8, 4) is 0 Å². The number of hydrogen-bond acceptors (Lipinski definition) is 6. The first-order valence-corrected chi connectivity index (χ1v) is 11.6. The molecule has 0 radical (unpaired) electrons. The van der Waals surface area contributed by atoms with Crippen LogP contribution in [0.4, 0.5) is 15.3 Å². The van der Waals surface area contributed by atoms with Gasteiger partial charge in [-0.15, -0.1) is 0 Å². The van der Waals surface area contributed by atoms with E-state index in [0.29, 0.717) is 30.8 Å². The molecule has 1 aromatic carbocycles. The number of amides is 2. The van der Waals surface area contributed by atoms with E-state index in [1.54, 1.807) is 51.0 Å². The van der Waals surface area contributed by atoms with Gasteiger partial charge in [-0.1, -0.05) is 12.1 Å². The Bertz CT molecular complexity index is 739. The summed E-state index contributed by atoms with van der Waals surface area (Å²) in [5, 5.41) is 13.3. The molecule has 1 rings (SSSR count). The summed E-state index contributed by atoms with van der Waals surface area (Å²) in [4.78, 5) is 26.3. The molecular weight excluding hydrogens is 424 g/mol. The van der Waals surface area contributed by atoms with Crippen LogP contribution in [-0.4, -0.2) is 55.3 Å². The molecule has 8 nitrogen and oxygen atoms in total. The van der Waals surface area contributed by atoms with Crippen LogP contribution >= 0.6 is 0 Å². The van der Waals surface area contributed by atoms with Gasteiger partial charge in [-0.05, 0) is 84.9 Å². The summed E-state index contributed by atoms with van der Waals surface area (Å²) in [6.45, 7) is 12.3. The number of unbranched alkanes of at least 4 members (excludes halogenated alkanes) is 2. The molecule has 0 heterocycles. The third kappa shape index (κ3) is 12.5. The Balaban J connectivity index is 2.83. The average Bonchev–Trinajstić information content (AvgIpc) is 2.68. The van der Waals surface area contributed by atoms with Gasteiger partial charge in [0.05, 0.1) is 6.10 Å². The highest BCUT2D eigenvalue weighted by Gasteiger charge is 2.24. The first-order valence-electron chi connectivity index (χ1n) is 11.6. The van der Waals surface area contributed by atoms with Crippen LogP contribution in [0.5, 0.6) is 0 Å². The molecule has 0 aliphatic carbocycles. The lowest BCUT2D eigenvalue weighted by atomic mass is 10.1. The summed E-state index contributed by atoms with van der Waals surface area (Å²) in [6.07, 6.45) is 1.21. The van der Waals surface area contributed by atoms with E-state index in [1.165, 1.54) is 0 Å². The maximum atomic E-state index is 12.9. The Hall–Kier alpha value is -2.32. The van der Waals surface area contributed by atoms with E-state index in [9.17, 15) is 14.7 Å². The number of benzene rings is 1. The van der Waals surface area contributed by atoms with Gasteiger partial charge in [-0.3, -0.25) is 4.90 Å². The number of aliphatic hydroxyl groups is 1. The SMILES string of the molecule is COCCCCCN(C(=O)OC(C)(C)C)c1cccc(C(O)CCNC(=O)OC(C)(C)C)c1. The van der Waals surface area contributed by atoms with E-state index in [2.05, 4.69) is 5.32 Å². The molecule has 1 aromatic rings. The van der Waals surface area contributed by atoms with Gasteiger partial charge < -0.3 is 24.6 Å². The van der Waals surface area contributed by atoms with Gasteiger partial charge in [0.1, 0.15) is 11.2 Å². The molecule has 0 aliphatic heterocycles. The smallest absolute Gasteiger partial charge is 0.414 e. The van der Waals surface area contributed by atoms with Crippen molar-refractivity contribution in [3.63, 3.8) is 0 Å². The second kappa shape index (κ2) is 13.4. The minimum Gasteiger partial charge on any atom is -0.444 e. The number of hydrogen-bond donors (Lipinski definition) is 2. The van der Waals surface area contributed by atoms with Crippen molar-refractivity contribution < 1.29 is 28.9 Å². The fourth-order valence-electron chi connectivity index (χ4n) is 3.03. The molecular formula is C25H42N2O6. The monoisotopic (exact) mass is 466 g/mol. The van der Waals surface area contributed by atoms with E-state index in [4.69, 9.17) is 14.2 Å². The van der Waals surface area contributed by atoms with Gasteiger partial charge in [0, 0.05) is 32.5 Å². The topological polar surface area (TPSA) is 97.3 Å². The Morgan fingerprint density at radius 1 is 1.03 bits per heavy atom. The lowest BCUT2D eigenvalue weighted by Gasteiger charge is -2.28. The van der Waals surface area contributed by atoms with Crippen LogP contribution in [0.15, 0.2) is 24.3 Å². The average molecular weight is 467 g/mol. The Labute approximate surface area is 198 Å². The zero-order chi connectivity index (χ0) is 25.1. The largest absolute Gasteiger partial charge is 0.444 e. The van der Waals surface area contributed by atoms with Crippen molar-refractivity contribution in [2.45, 2.75) is 84.5 Å². The second-order valence-electron chi connectivity index (χ2n) is 10.0. The number of nitrogens with one attached hydrogen (secondary N) is 1. The standard InChI is InChI=1S/C25H42N2O6/c1-24(2,3)32-22(29)26-15-14-21(28)19-12-11-13-20(18-19)27(16-9-8-10-17-31-7)23(30)33-25(4,5)6/h11-13,18,21,28H,8-10,14-17H2,1-7H3,(H,26,29). The van der Waals surface area contributed by atoms with Crippen LogP contribution in [0.3, 0.4) is 0 Å². The van der Waals surface area contributed by atoms with Crippen LogP contribution in [0.2, 0.25) is 0 Å². The van der Waals surface area contributed by atoms with E-state index >= 15 is 0 Å². The van der Waals surface area contributed by atoms with Gasteiger partial charge in [-0.2, -0.15) is 0 Å². The van der Waals surface area contributed by atoms with Crippen LogP contribution < -0.4 is 10.2 Å². The van der Waals surface area contributed by atoms with Crippen molar-refractivity contribution in [2.24, 2.45) is 0 Å². The number of alkyl carbamates (subject to hydrolysis) is 1. The molecule has 0 spiro atoms. The number of aliphatic hydroxyl groups excluding tert-OH is 1. The van der Waals surface area contributed by atoms with E-state index < -0.39 is 29.5 Å². The second-order valence-corrected chi connectivity index (χ2v) is 10.0. The van der Waals surface area contributed by atoms with E-state index in [1.807, 2.05) is 26.8 Å². The molecule has 2 amide bonds. The van der Waals surface area contributed by atoms with Crippen molar-refractivity contribution in [1.82, 2.24) is 5.32 Å². The first kappa shape index (κ1) is 28.7. The van der Waals surface area contributed by atoms with Crippen LogP contribution in [0.25, 0.3) is 0 Å². The highest BCUT2D eigenvalue weighted by atomic mass is 16.6. The Kier molecular flexibility index (Phi) is 11.7.